The van der Waals surface area contributed by atoms with E-state index in [9.17, 15) is 14.9 Å². The highest BCUT2D eigenvalue weighted by atomic mass is 16.6. The van der Waals surface area contributed by atoms with E-state index in [1.54, 1.807) is 12.1 Å². The van der Waals surface area contributed by atoms with Crippen LogP contribution in [0.5, 0.6) is 0 Å². The fourth-order valence-corrected chi connectivity index (χ4v) is 3.32. The van der Waals surface area contributed by atoms with E-state index < -0.39 is 4.92 Å². The maximum Gasteiger partial charge on any atom is 0.270 e. The summed E-state index contributed by atoms with van der Waals surface area (Å²) in [7, 11) is 0. The number of anilines is 1. The number of H-pyrrole nitrogens is 1. The molecule has 0 bridgehead atoms. The van der Waals surface area contributed by atoms with E-state index in [1.165, 1.54) is 6.07 Å². The van der Waals surface area contributed by atoms with Crippen molar-refractivity contribution in [3.05, 3.63) is 88.0 Å². The van der Waals surface area contributed by atoms with Crippen molar-refractivity contribution in [2.45, 2.75) is 13.3 Å². The molecule has 0 atom stereocenters. The van der Waals surface area contributed by atoms with Crippen LogP contribution in [0.4, 0.5) is 11.5 Å². The summed E-state index contributed by atoms with van der Waals surface area (Å²) < 4.78 is 0. The lowest BCUT2D eigenvalue weighted by Gasteiger charge is -2.08. The van der Waals surface area contributed by atoms with E-state index >= 15 is 0 Å². The average Bonchev–Trinajstić information content (AvgIpc) is 3.09. The Balaban J connectivity index is 1.67. The first kappa shape index (κ1) is 18.4. The number of hydrogen-bond acceptors (Lipinski definition) is 4. The van der Waals surface area contributed by atoms with E-state index in [4.69, 9.17) is 0 Å². The van der Waals surface area contributed by atoms with Gasteiger partial charge in [0.15, 0.2) is 5.82 Å². The number of nitro groups is 1. The number of nitrogens with zero attached hydrogens (tertiary/aromatic N) is 2. The fourth-order valence-electron chi connectivity index (χ4n) is 3.32. The number of aryl methyl sites for hydroxylation is 1. The molecular weight excluding hydrogens is 368 g/mol. The third-order valence-electron chi connectivity index (χ3n) is 4.74. The predicted molar refractivity (Wildman–Crippen MR) is 112 cm³/mol. The van der Waals surface area contributed by atoms with E-state index in [-0.39, 0.29) is 18.0 Å². The zero-order chi connectivity index (χ0) is 20.4. The summed E-state index contributed by atoms with van der Waals surface area (Å²) in [5, 5.41) is 21.9. The van der Waals surface area contributed by atoms with E-state index in [2.05, 4.69) is 15.5 Å². The maximum absolute atomic E-state index is 12.4. The van der Waals surface area contributed by atoms with Crippen LogP contribution in [0.3, 0.4) is 0 Å². The molecule has 1 heterocycles. The van der Waals surface area contributed by atoms with Crippen LogP contribution < -0.4 is 5.32 Å². The van der Waals surface area contributed by atoms with Gasteiger partial charge in [0, 0.05) is 17.5 Å². The van der Waals surface area contributed by atoms with Gasteiger partial charge in [0.25, 0.3) is 5.69 Å². The summed E-state index contributed by atoms with van der Waals surface area (Å²) in [6.07, 6.45) is 0.249. The predicted octanol–water partition coefficient (Wildman–Crippen LogP) is 4.63. The molecule has 144 valence electrons. The molecule has 0 aliphatic carbocycles. The molecule has 7 heteroatoms. The van der Waals surface area contributed by atoms with Crippen LogP contribution >= 0.6 is 0 Å². The Morgan fingerprint density at radius 2 is 1.90 bits per heavy atom. The van der Waals surface area contributed by atoms with Gasteiger partial charge in [-0.25, -0.2) is 0 Å². The number of fused-ring (bicyclic) bond motifs is 1. The molecule has 0 spiro atoms. The van der Waals surface area contributed by atoms with Crippen LogP contribution in [-0.2, 0) is 11.2 Å². The first-order valence-corrected chi connectivity index (χ1v) is 9.08. The van der Waals surface area contributed by atoms with Crippen molar-refractivity contribution in [3.63, 3.8) is 0 Å². The molecule has 4 rings (SSSR count). The number of rotatable bonds is 5. The second-order valence-corrected chi connectivity index (χ2v) is 6.80. The van der Waals surface area contributed by atoms with Crippen molar-refractivity contribution in [3.8, 4) is 11.1 Å². The smallest absolute Gasteiger partial charge is 0.270 e. The quantitative estimate of drug-likeness (QED) is 0.386. The first-order valence-electron chi connectivity index (χ1n) is 9.08. The van der Waals surface area contributed by atoms with E-state index in [0.29, 0.717) is 5.82 Å². The highest BCUT2D eigenvalue weighted by Crippen LogP contribution is 2.32. The standard InChI is InChI=1S/C22H18N4O3/c1-14-10-20-19(13-18(14)16-8-5-9-17(12-16)26(28)29)22(25-24-20)23-21(27)11-15-6-3-2-4-7-15/h2-10,12-13H,11H2,1H3,(H2,23,24,25,27). The average molecular weight is 386 g/mol. The summed E-state index contributed by atoms with van der Waals surface area (Å²) >= 11 is 0. The normalized spacial score (nSPS) is 10.8. The van der Waals surface area contributed by atoms with E-state index in [0.717, 1.165) is 33.2 Å². The molecule has 4 aromatic rings. The van der Waals surface area contributed by atoms with Crippen LogP contribution in [0.15, 0.2) is 66.7 Å². The summed E-state index contributed by atoms with van der Waals surface area (Å²) in [5.74, 6) is 0.273. The Hall–Kier alpha value is -4.00. The first-order chi connectivity index (χ1) is 14.0. The van der Waals surface area contributed by atoms with Crippen molar-refractivity contribution in [2.75, 3.05) is 5.32 Å². The highest BCUT2D eigenvalue weighted by Gasteiger charge is 2.14. The molecule has 1 aromatic heterocycles. The number of aromatic nitrogens is 2. The zero-order valence-electron chi connectivity index (χ0n) is 15.7. The number of benzene rings is 3. The van der Waals surface area contributed by atoms with Crippen LogP contribution in [-0.4, -0.2) is 21.0 Å². The summed E-state index contributed by atoms with van der Waals surface area (Å²) in [6, 6.07) is 19.8. The molecule has 0 saturated carbocycles. The molecule has 0 radical (unpaired) electrons. The molecule has 0 saturated heterocycles. The van der Waals surface area contributed by atoms with Gasteiger partial charge in [-0.05, 0) is 41.3 Å². The summed E-state index contributed by atoms with van der Waals surface area (Å²) in [6.45, 7) is 1.93. The van der Waals surface area contributed by atoms with Gasteiger partial charge in [0.2, 0.25) is 5.91 Å². The number of amides is 1. The molecular formula is C22H18N4O3. The van der Waals surface area contributed by atoms with Gasteiger partial charge in [-0.3, -0.25) is 20.0 Å². The molecule has 0 fully saturated rings. The molecule has 0 aliphatic heterocycles. The molecule has 0 unspecified atom stereocenters. The van der Waals surface area contributed by atoms with Gasteiger partial charge >= 0.3 is 0 Å². The van der Waals surface area contributed by atoms with Crippen LogP contribution in [0.2, 0.25) is 0 Å². The zero-order valence-corrected chi connectivity index (χ0v) is 15.7. The Morgan fingerprint density at radius 3 is 2.66 bits per heavy atom. The summed E-state index contributed by atoms with van der Waals surface area (Å²) in [4.78, 5) is 23.1. The van der Waals surface area contributed by atoms with Crippen molar-refractivity contribution in [1.82, 2.24) is 10.2 Å². The number of carbonyl (C=O) groups excluding carboxylic acids is 1. The molecule has 0 aliphatic rings. The fraction of sp³-hybridized carbons (Fsp3) is 0.0909. The maximum atomic E-state index is 12.4. The van der Waals surface area contributed by atoms with Crippen LogP contribution in [0, 0.1) is 17.0 Å². The number of carbonyl (C=O) groups is 1. The lowest BCUT2D eigenvalue weighted by atomic mass is 9.98. The Labute approximate surface area is 166 Å². The monoisotopic (exact) mass is 386 g/mol. The molecule has 1 amide bonds. The molecule has 3 aromatic carbocycles. The number of nitrogens with one attached hydrogen (secondary N) is 2. The van der Waals surface area contributed by atoms with Gasteiger partial charge in [-0.15, -0.1) is 0 Å². The number of nitro benzene ring substituents is 1. The van der Waals surface area contributed by atoms with Crippen LogP contribution in [0.1, 0.15) is 11.1 Å². The van der Waals surface area contributed by atoms with Crippen molar-refractivity contribution < 1.29 is 9.72 Å². The number of non-ortho nitro benzene ring substituents is 1. The minimum atomic E-state index is -0.412. The van der Waals surface area contributed by atoms with Gasteiger partial charge in [0.05, 0.1) is 16.9 Å². The van der Waals surface area contributed by atoms with Gasteiger partial charge in [-0.1, -0.05) is 42.5 Å². The Morgan fingerprint density at radius 1 is 1.10 bits per heavy atom. The van der Waals surface area contributed by atoms with Crippen molar-refractivity contribution >= 4 is 28.3 Å². The SMILES string of the molecule is Cc1cc2[nH]nc(NC(=O)Cc3ccccc3)c2cc1-c1cccc([N+](=O)[O-])c1. The number of hydrogen-bond donors (Lipinski definition) is 2. The van der Waals surface area contributed by atoms with E-state index in [1.807, 2.05) is 55.5 Å². The van der Waals surface area contributed by atoms with Crippen molar-refractivity contribution in [1.29, 1.82) is 0 Å². The lowest BCUT2D eigenvalue weighted by Crippen LogP contribution is -2.14. The third kappa shape index (κ3) is 3.84. The van der Waals surface area contributed by atoms with Crippen molar-refractivity contribution in [2.24, 2.45) is 0 Å². The second-order valence-electron chi connectivity index (χ2n) is 6.80. The molecule has 29 heavy (non-hydrogen) atoms. The molecule has 7 nitrogen and oxygen atoms in total. The Bertz CT molecular complexity index is 1220. The highest BCUT2D eigenvalue weighted by molar-refractivity contribution is 6.02. The third-order valence-corrected chi connectivity index (χ3v) is 4.74. The summed E-state index contributed by atoms with van der Waals surface area (Å²) in [5.41, 5.74) is 4.27. The lowest BCUT2D eigenvalue weighted by molar-refractivity contribution is -0.384. The number of aromatic amines is 1. The van der Waals surface area contributed by atoms with Crippen LogP contribution in [0.25, 0.3) is 22.0 Å². The van der Waals surface area contributed by atoms with Gasteiger partial charge in [0.1, 0.15) is 0 Å². The second kappa shape index (κ2) is 7.55. The van der Waals surface area contributed by atoms with Gasteiger partial charge in [-0.2, -0.15) is 5.10 Å². The minimum Gasteiger partial charge on any atom is -0.308 e. The minimum absolute atomic E-state index is 0.0329. The largest absolute Gasteiger partial charge is 0.308 e. The van der Waals surface area contributed by atoms with Gasteiger partial charge < -0.3 is 5.32 Å². The topological polar surface area (TPSA) is 101 Å². The Kier molecular flexibility index (Phi) is 4.78. The molecule has 2 N–H and O–H groups in total.